The molecular weight excluding hydrogens is 254 g/mol. The molecular formula is C16H27NO3. The molecule has 0 saturated heterocycles. The lowest BCUT2D eigenvalue weighted by Crippen LogP contribution is -2.35. The Morgan fingerprint density at radius 1 is 1.10 bits per heavy atom. The molecule has 0 aliphatic heterocycles. The van der Waals surface area contributed by atoms with Crippen LogP contribution in [0.2, 0.25) is 0 Å². The van der Waals surface area contributed by atoms with Crippen molar-refractivity contribution in [3.63, 3.8) is 0 Å². The minimum atomic E-state index is 0.109. The van der Waals surface area contributed by atoms with E-state index in [1.165, 1.54) is 0 Å². The van der Waals surface area contributed by atoms with Crippen molar-refractivity contribution in [1.29, 1.82) is 0 Å². The standard InChI is InChI=1S/C16H27NO3/c1-11(2)8-14(10-18)17-12(3)13-6-7-15(19-4)16(9-13)20-5/h6-7,9,11-12,14,17-18H,8,10H2,1-5H3. The van der Waals surface area contributed by atoms with Gasteiger partial charge in [-0.15, -0.1) is 0 Å². The highest BCUT2D eigenvalue weighted by Gasteiger charge is 2.15. The van der Waals surface area contributed by atoms with Crippen LogP contribution in [0.25, 0.3) is 0 Å². The fourth-order valence-corrected chi connectivity index (χ4v) is 2.34. The molecule has 0 fully saturated rings. The van der Waals surface area contributed by atoms with Crippen LogP contribution in [0.15, 0.2) is 18.2 Å². The predicted octanol–water partition coefficient (Wildman–Crippen LogP) is 2.76. The number of rotatable bonds is 8. The molecule has 0 aromatic heterocycles. The smallest absolute Gasteiger partial charge is 0.161 e. The summed E-state index contributed by atoms with van der Waals surface area (Å²) in [6.07, 6.45) is 0.953. The minimum Gasteiger partial charge on any atom is -0.493 e. The van der Waals surface area contributed by atoms with Gasteiger partial charge in [-0.1, -0.05) is 19.9 Å². The molecule has 2 atom stereocenters. The Kier molecular flexibility index (Phi) is 6.82. The quantitative estimate of drug-likeness (QED) is 0.769. The Bertz CT molecular complexity index is 407. The van der Waals surface area contributed by atoms with Crippen molar-refractivity contribution in [3.05, 3.63) is 23.8 Å². The van der Waals surface area contributed by atoms with E-state index in [0.717, 1.165) is 23.5 Å². The first-order valence-electron chi connectivity index (χ1n) is 7.10. The van der Waals surface area contributed by atoms with Crippen molar-refractivity contribution in [1.82, 2.24) is 5.32 Å². The number of methoxy groups -OCH3 is 2. The molecule has 1 rings (SSSR count). The van der Waals surface area contributed by atoms with Gasteiger partial charge in [0.15, 0.2) is 11.5 Å². The van der Waals surface area contributed by atoms with E-state index in [1.807, 2.05) is 18.2 Å². The van der Waals surface area contributed by atoms with Gasteiger partial charge in [0.2, 0.25) is 0 Å². The SMILES string of the molecule is COc1ccc(C(C)NC(CO)CC(C)C)cc1OC. The monoisotopic (exact) mass is 281 g/mol. The maximum atomic E-state index is 9.45. The van der Waals surface area contributed by atoms with Gasteiger partial charge in [0.25, 0.3) is 0 Å². The molecule has 0 saturated carbocycles. The summed E-state index contributed by atoms with van der Waals surface area (Å²) in [6, 6.07) is 6.15. The lowest BCUT2D eigenvalue weighted by Gasteiger charge is -2.24. The van der Waals surface area contributed by atoms with Crippen molar-refractivity contribution < 1.29 is 14.6 Å². The average molecular weight is 281 g/mol. The highest BCUT2D eigenvalue weighted by atomic mass is 16.5. The number of aliphatic hydroxyl groups excluding tert-OH is 1. The Balaban J connectivity index is 2.78. The third-order valence-electron chi connectivity index (χ3n) is 3.37. The van der Waals surface area contributed by atoms with Crippen molar-refractivity contribution in [2.24, 2.45) is 5.92 Å². The first kappa shape index (κ1) is 16.8. The van der Waals surface area contributed by atoms with Crippen LogP contribution in [0.3, 0.4) is 0 Å². The topological polar surface area (TPSA) is 50.7 Å². The van der Waals surface area contributed by atoms with Gasteiger partial charge in [-0.3, -0.25) is 0 Å². The van der Waals surface area contributed by atoms with Crippen molar-refractivity contribution >= 4 is 0 Å². The van der Waals surface area contributed by atoms with Crippen LogP contribution in [0.5, 0.6) is 11.5 Å². The molecule has 20 heavy (non-hydrogen) atoms. The zero-order valence-electron chi connectivity index (χ0n) is 13.1. The molecule has 0 heterocycles. The second kappa shape index (κ2) is 8.12. The molecule has 0 bridgehead atoms. The molecule has 0 aliphatic carbocycles. The molecule has 0 amide bonds. The molecule has 1 aromatic carbocycles. The fourth-order valence-electron chi connectivity index (χ4n) is 2.34. The zero-order valence-corrected chi connectivity index (χ0v) is 13.1. The molecule has 4 nitrogen and oxygen atoms in total. The van der Waals surface area contributed by atoms with Gasteiger partial charge in [0.1, 0.15) is 0 Å². The van der Waals surface area contributed by atoms with Gasteiger partial charge >= 0.3 is 0 Å². The summed E-state index contributed by atoms with van der Waals surface area (Å²) < 4.78 is 10.6. The summed E-state index contributed by atoms with van der Waals surface area (Å²) in [4.78, 5) is 0. The van der Waals surface area contributed by atoms with E-state index < -0.39 is 0 Å². The van der Waals surface area contributed by atoms with Crippen molar-refractivity contribution in [3.8, 4) is 11.5 Å². The molecule has 114 valence electrons. The van der Waals surface area contributed by atoms with Gasteiger partial charge in [-0.05, 0) is 37.0 Å². The first-order valence-corrected chi connectivity index (χ1v) is 7.10. The molecule has 2 unspecified atom stereocenters. The summed E-state index contributed by atoms with van der Waals surface area (Å²) in [5, 5.41) is 12.9. The number of hydrogen-bond donors (Lipinski definition) is 2. The molecule has 0 aliphatic rings. The van der Waals surface area contributed by atoms with E-state index in [-0.39, 0.29) is 18.7 Å². The summed E-state index contributed by atoms with van der Waals surface area (Å²) >= 11 is 0. The lowest BCUT2D eigenvalue weighted by molar-refractivity contribution is 0.215. The van der Waals surface area contributed by atoms with Crippen molar-refractivity contribution in [2.45, 2.75) is 39.3 Å². The van der Waals surface area contributed by atoms with Gasteiger partial charge in [0, 0.05) is 12.1 Å². The number of aliphatic hydroxyl groups is 1. The summed E-state index contributed by atoms with van der Waals surface area (Å²) in [5.74, 6) is 2.00. The summed E-state index contributed by atoms with van der Waals surface area (Å²) in [6.45, 7) is 6.55. The number of hydrogen-bond acceptors (Lipinski definition) is 4. The third-order valence-corrected chi connectivity index (χ3v) is 3.37. The van der Waals surface area contributed by atoms with E-state index in [4.69, 9.17) is 9.47 Å². The first-order chi connectivity index (χ1) is 9.51. The average Bonchev–Trinajstić information content (AvgIpc) is 2.45. The van der Waals surface area contributed by atoms with Crippen LogP contribution < -0.4 is 14.8 Å². The van der Waals surface area contributed by atoms with Crippen molar-refractivity contribution in [2.75, 3.05) is 20.8 Å². The van der Waals surface area contributed by atoms with Gasteiger partial charge in [-0.25, -0.2) is 0 Å². The maximum Gasteiger partial charge on any atom is 0.161 e. The second-order valence-electron chi connectivity index (χ2n) is 5.51. The minimum absolute atomic E-state index is 0.109. The zero-order chi connectivity index (χ0) is 15.1. The highest BCUT2D eigenvalue weighted by molar-refractivity contribution is 5.43. The molecule has 0 radical (unpaired) electrons. The van der Waals surface area contributed by atoms with E-state index in [2.05, 4.69) is 26.1 Å². The van der Waals surface area contributed by atoms with Crippen LogP contribution in [0.1, 0.15) is 38.8 Å². The number of benzene rings is 1. The Hall–Kier alpha value is -1.26. The number of ether oxygens (including phenoxy) is 2. The van der Waals surface area contributed by atoms with E-state index >= 15 is 0 Å². The maximum absolute atomic E-state index is 9.45. The Morgan fingerprint density at radius 3 is 2.25 bits per heavy atom. The van der Waals surface area contributed by atoms with Crippen LogP contribution in [0, 0.1) is 5.92 Å². The fraction of sp³-hybridized carbons (Fsp3) is 0.625. The third kappa shape index (κ3) is 4.69. The van der Waals surface area contributed by atoms with Gasteiger partial charge in [0.05, 0.1) is 20.8 Å². The Morgan fingerprint density at radius 2 is 1.75 bits per heavy atom. The van der Waals surface area contributed by atoms with E-state index in [1.54, 1.807) is 14.2 Å². The molecule has 4 heteroatoms. The van der Waals surface area contributed by atoms with Crippen LogP contribution in [-0.2, 0) is 0 Å². The van der Waals surface area contributed by atoms with Crippen LogP contribution >= 0.6 is 0 Å². The van der Waals surface area contributed by atoms with Gasteiger partial charge < -0.3 is 19.9 Å². The number of nitrogens with one attached hydrogen (secondary N) is 1. The Labute approximate surface area is 122 Å². The molecule has 0 spiro atoms. The molecule has 1 aromatic rings. The summed E-state index contributed by atoms with van der Waals surface area (Å²) in [7, 11) is 3.26. The largest absolute Gasteiger partial charge is 0.493 e. The second-order valence-corrected chi connectivity index (χ2v) is 5.51. The van der Waals surface area contributed by atoms with Gasteiger partial charge in [-0.2, -0.15) is 0 Å². The van der Waals surface area contributed by atoms with E-state index in [0.29, 0.717) is 5.92 Å². The van der Waals surface area contributed by atoms with Crippen LogP contribution in [-0.4, -0.2) is 32.0 Å². The highest BCUT2D eigenvalue weighted by Crippen LogP contribution is 2.30. The van der Waals surface area contributed by atoms with E-state index in [9.17, 15) is 5.11 Å². The molecule has 2 N–H and O–H groups in total. The normalized spacial score (nSPS) is 14.2. The summed E-state index contributed by atoms with van der Waals surface area (Å²) in [5.41, 5.74) is 1.12. The predicted molar refractivity (Wildman–Crippen MR) is 81.4 cm³/mol. The lowest BCUT2D eigenvalue weighted by atomic mass is 10.0. The van der Waals surface area contributed by atoms with Crippen LogP contribution in [0.4, 0.5) is 0 Å².